The summed E-state index contributed by atoms with van der Waals surface area (Å²) in [7, 11) is 1.71. The molecule has 0 aliphatic heterocycles. The summed E-state index contributed by atoms with van der Waals surface area (Å²) < 4.78 is 6.03. The first-order valence-electron chi connectivity index (χ1n) is 8.45. The first-order chi connectivity index (χ1) is 11.8. The number of furan rings is 1. The molecule has 0 aliphatic carbocycles. The highest BCUT2D eigenvalue weighted by atomic mass is 79.9. The summed E-state index contributed by atoms with van der Waals surface area (Å²) in [5.74, 6) is 1.22. The molecule has 0 radical (unpaired) electrons. The molecule has 0 bridgehead atoms. The van der Waals surface area contributed by atoms with Gasteiger partial charge in [0.05, 0.1) is 6.54 Å². The van der Waals surface area contributed by atoms with E-state index in [9.17, 15) is 9.59 Å². The van der Waals surface area contributed by atoms with E-state index in [2.05, 4.69) is 29.8 Å². The molecule has 0 fully saturated rings. The second-order valence-corrected chi connectivity index (χ2v) is 7.46. The Morgan fingerprint density at radius 3 is 2.32 bits per heavy atom. The molecular formula is C20H24BrNO3. The van der Waals surface area contributed by atoms with Crippen LogP contribution < -0.4 is 0 Å². The van der Waals surface area contributed by atoms with Gasteiger partial charge in [0.25, 0.3) is 0 Å². The Labute approximate surface area is 157 Å². The molecule has 0 N–H and O–H groups in total. The van der Waals surface area contributed by atoms with Crippen LogP contribution in [-0.4, -0.2) is 23.6 Å². The zero-order chi connectivity index (χ0) is 18.4. The van der Waals surface area contributed by atoms with Crippen LogP contribution in [0.1, 0.15) is 48.4 Å². The number of halogens is 1. The van der Waals surface area contributed by atoms with Gasteiger partial charge >= 0.3 is 0 Å². The number of rotatable bonds is 8. The van der Waals surface area contributed by atoms with E-state index in [4.69, 9.17) is 4.42 Å². The molecule has 5 heteroatoms. The summed E-state index contributed by atoms with van der Waals surface area (Å²) in [6.45, 7) is 4.73. The Balaban J connectivity index is 1.83. The van der Waals surface area contributed by atoms with Crippen LogP contribution in [0.3, 0.4) is 0 Å². The Hall–Kier alpha value is -1.88. The van der Waals surface area contributed by atoms with E-state index in [0.29, 0.717) is 28.5 Å². The third-order valence-corrected chi connectivity index (χ3v) is 4.36. The van der Waals surface area contributed by atoms with Gasteiger partial charge < -0.3 is 9.32 Å². The van der Waals surface area contributed by atoms with E-state index in [1.807, 2.05) is 30.3 Å². The lowest BCUT2D eigenvalue weighted by Crippen LogP contribution is -2.26. The van der Waals surface area contributed by atoms with E-state index in [1.165, 1.54) is 5.56 Å². The van der Waals surface area contributed by atoms with Crippen molar-refractivity contribution >= 4 is 27.6 Å². The van der Waals surface area contributed by atoms with Crippen LogP contribution in [0.5, 0.6) is 0 Å². The highest BCUT2D eigenvalue weighted by Crippen LogP contribution is 2.16. The summed E-state index contributed by atoms with van der Waals surface area (Å²) in [5, 5.41) is 0. The lowest BCUT2D eigenvalue weighted by molar-refractivity contribution is -0.130. The molecule has 25 heavy (non-hydrogen) atoms. The Morgan fingerprint density at radius 1 is 1.08 bits per heavy atom. The number of amides is 1. The maximum Gasteiger partial charge on any atom is 0.223 e. The topological polar surface area (TPSA) is 50.5 Å². The Morgan fingerprint density at radius 2 is 1.76 bits per heavy atom. The number of hydrogen-bond donors (Lipinski definition) is 0. The molecule has 0 unspecified atom stereocenters. The van der Waals surface area contributed by atoms with E-state index in [1.54, 1.807) is 18.0 Å². The van der Waals surface area contributed by atoms with Crippen LogP contribution in [0.25, 0.3) is 0 Å². The monoisotopic (exact) mass is 405 g/mol. The van der Waals surface area contributed by atoms with E-state index >= 15 is 0 Å². The minimum atomic E-state index is -0.0719. The van der Waals surface area contributed by atoms with Crippen LogP contribution in [0.4, 0.5) is 0 Å². The van der Waals surface area contributed by atoms with Crippen LogP contribution in [0.15, 0.2) is 45.5 Å². The van der Waals surface area contributed by atoms with Crippen molar-refractivity contribution in [2.24, 2.45) is 5.92 Å². The summed E-state index contributed by atoms with van der Waals surface area (Å²) in [4.78, 5) is 26.0. The summed E-state index contributed by atoms with van der Waals surface area (Å²) in [5.41, 5.74) is 1.89. The van der Waals surface area contributed by atoms with Gasteiger partial charge in [-0.2, -0.15) is 0 Å². The molecule has 2 rings (SSSR count). The molecule has 0 saturated heterocycles. The summed E-state index contributed by atoms with van der Waals surface area (Å²) >= 11 is 3.24. The van der Waals surface area contributed by atoms with E-state index in [0.717, 1.165) is 6.42 Å². The van der Waals surface area contributed by atoms with E-state index in [-0.39, 0.29) is 24.5 Å². The maximum absolute atomic E-state index is 12.3. The minimum absolute atomic E-state index is 0.00131. The SMILES string of the molecule is CC(C)Cc1ccc(C(=O)CCC(=O)N(C)Cc2ccc(Br)o2)cc1. The number of carbonyl (C=O) groups is 2. The molecule has 1 heterocycles. The molecular weight excluding hydrogens is 382 g/mol. The first-order valence-corrected chi connectivity index (χ1v) is 9.24. The van der Waals surface area contributed by atoms with Crippen LogP contribution in [0.2, 0.25) is 0 Å². The maximum atomic E-state index is 12.3. The Kier molecular flexibility index (Phi) is 7.00. The van der Waals surface area contributed by atoms with Gasteiger partial charge in [0.2, 0.25) is 5.91 Å². The fourth-order valence-corrected chi connectivity index (χ4v) is 2.95. The average molecular weight is 406 g/mol. The van der Waals surface area contributed by atoms with Gasteiger partial charge in [-0.15, -0.1) is 0 Å². The smallest absolute Gasteiger partial charge is 0.223 e. The summed E-state index contributed by atoms with van der Waals surface area (Å²) in [6, 6.07) is 11.3. The third kappa shape index (κ3) is 6.16. The number of carbonyl (C=O) groups excluding carboxylic acids is 2. The predicted molar refractivity (Wildman–Crippen MR) is 101 cm³/mol. The number of nitrogens with zero attached hydrogens (tertiary/aromatic N) is 1. The fourth-order valence-electron chi connectivity index (χ4n) is 2.61. The van der Waals surface area contributed by atoms with Crippen molar-refractivity contribution in [1.82, 2.24) is 4.90 Å². The van der Waals surface area contributed by atoms with Gasteiger partial charge in [0.1, 0.15) is 5.76 Å². The fraction of sp³-hybridized carbons (Fsp3) is 0.400. The number of Topliss-reactive ketones (excluding diaryl/α,β-unsaturated/α-hetero) is 1. The molecule has 0 aliphatic rings. The van der Waals surface area contributed by atoms with Crippen molar-refractivity contribution in [2.75, 3.05) is 7.05 Å². The lowest BCUT2D eigenvalue weighted by Gasteiger charge is -2.15. The zero-order valence-electron chi connectivity index (χ0n) is 14.9. The molecule has 1 amide bonds. The van der Waals surface area contributed by atoms with Gasteiger partial charge in [-0.3, -0.25) is 9.59 Å². The molecule has 1 aromatic heterocycles. The minimum Gasteiger partial charge on any atom is -0.452 e. The molecule has 4 nitrogen and oxygen atoms in total. The third-order valence-electron chi connectivity index (χ3n) is 3.93. The molecule has 1 aromatic carbocycles. The van der Waals surface area contributed by atoms with Crippen LogP contribution in [0, 0.1) is 5.92 Å². The van der Waals surface area contributed by atoms with Crippen molar-refractivity contribution in [1.29, 1.82) is 0 Å². The van der Waals surface area contributed by atoms with Gasteiger partial charge in [-0.1, -0.05) is 38.1 Å². The van der Waals surface area contributed by atoms with Crippen LogP contribution in [-0.2, 0) is 17.8 Å². The number of ketones is 1. The highest BCUT2D eigenvalue weighted by molar-refractivity contribution is 9.10. The van der Waals surface area contributed by atoms with Gasteiger partial charge in [0, 0.05) is 25.5 Å². The normalized spacial score (nSPS) is 10.9. The van der Waals surface area contributed by atoms with Gasteiger partial charge in [0.15, 0.2) is 10.5 Å². The highest BCUT2D eigenvalue weighted by Gasteiger charge is 2.14. The number of benzene rings is 1. The van der Waals surface area contributed by atoms with E-state index < -0.39 is 0 Å². The van der Waals surface area contributed by atoms with Crippen molar-refractivity contribution in [2.45, 2.75) is 39.7 Å². The zero-order valence-corrected chi connectivity index (χ0v) is 16.5. The second-order valence-electron chi connectivity index (χ2n) is 6.67. The van der Waals surface area contributed by atoms with Crippen molar-refractivity contribution < 1.29 is 14.0 Å². The standard InChI is InChI=1S/C20H24BrNO3/c1-14(2)12-15-4-6-16(7-5-15)18(23)9-11-20(24)22(3)13-17-8-10-19(21)25-17/h4-8,10,14H,9,11-13H2,1-3H3. The van der Waals surface area contributed by atoms with Crippen molar-refractivity contribution in [3.8, 4) is 0 Å². The summed E-state index contributed by atoms with van der Waals surface area (Å²) in [6.07, 6.45) is 1.42. The first kappa shape index (κ1) is 19.4. The largest absolute Gasteiger partial charge is 0.452 e. The van der Waals surface area contributed by atoms with Crippen molar-refractivity contribution in [3.63, 3.8) is 0 Å². The second kappa shape index (κ2) is 8.99. The van der Waals surface area contributed by atoms with Gasteiger partial charge in [-0.05, 0) is 46.0 Å². The molecule has 0 saturated carbocycles. The quantitative estimate of drug-likeness (QED) is 0.589. The molecule has 2 aromatic rings. The predicted octanol–water partition coefficient (Wildman–Crippen LogP) is 4.86. The number of hydrogen-bond acceptors (Lipinski definition) is 3. The average Bonchev–Trinajstić information content (AvgIpc) is 2.97. The van der Waals surface area contributed by atoms with Crippen molar-refractivity contribution in [3.05, 3.63) is 58.0 Å². The Bertz CT molecular complexity index is 719. The molecule has 0 spiro atoms. The molecule has 0 atom stereocenters. The molecule has 134 valence electrons. The van der Waals surface area contributed by atoms with Crippen LogP contribution >= 0.6 is 15.9 Å². The lowest BCUT2D eigenvalue weighted by atomic mass is 9.99. The van der Waals surface area contributed by atoms with Gasteiger partial charge in [-0.25, -0.2) is 0 Å².